The number of carbonyl (C=O) groups is 1. The van der Waals surface area contributed by atoms with Gasteiger partial charge < -0.3 is 9.29 Å². The summed E-state index contributed by atoms with van der Waals surface area (Å²) in [6.07, 6.45) is 3.90. The van der Waals surface area contributed by atoms with Crippen LogP contribution in [-0.4, -0.2) is 41.1 Å². The van der Waals surface area contributed by atoms with Crippen LogP contribution in [0, 0.1) is 0 Å². The average Bonchev–Trinajstić information content (AvgIpc) is 2.67. The summed E-state index contributed by atoms with van der Waals surface area (Å²) < 4.78 is 46.1. The quantitative estimate of drug-likeness (QED) is 0.165. The molecule has 0 saturated carbocycles. The first-order valence-electron chi connectivity index (χ1n) is 8.27. The molecule has 1 atom stereocenters. The summed E-state index contributed by atoms with van der Waals surface area (Å²) in [5.74, 6) is -0.617. The van der Waals surface area contributed by atoms with Gasteiger partial charge >= 0.3 is 0 Å². The summed E-state index contributed by atoms with van der Waals surface area (Å²) >= 11 is -0.0625. The molecule has 0 aliphatic heterocycles. The van der Waals surface area contributed by atoms with Gasteiger partial charge in [-0.3, -0.25) is 4.79 Å². The van der Waals surface area contributed by atoms with Gasteiger partial charge in [-0.2, -0.15) is 0 Å². The van der Waals surface area contributed by atoms with Crippen LogP contribution >= 0.6 is 11.8 Å². The van der Waals surface area contributed by atoms with Gasteiger partial charge in [0.1, 0.15) is 18.7 Å². The van der Waals surface area contributed by atoms with Crippen LogP contribution in [0.15, 0.2) is 70.2 Å². The van der Waals surface area contributed by atoms with E-state index in [0.717, 1.165) is 12.3 Å². The lowest BCUT2D eigenvalue weighted by molar-refractivity contribution is -0.110. The fourth-order valence-electron chi connectivity index (χ4n) is 1.81. The molecule has 0 aromatic heterocycles. The molecule has 1 aromatic carbocycles. The first-order chi connectivity index (χ1) is 13.0. The predicted octanol–water partition coefficient (Wildman–Crippen LogP) is 4.55. The second-order valence-electron chi connectivity index (χ2n) is 5.26. The van der Waals surface area contributed by atoms with E-state index in [9.17, 15) is 18.1 Å². The van der Waals surface area contributed by atoms with Crippen LogP contribution in [0.3, 0.4) is 0 Å². The number of rotatable bonds is 12. The van der Waals surface area contributed by atoms with Crippen LogP contribution < -0.4 is 0 Å². The third-order valence-corrected chi connectivity index (χ3v) is 5.56. The maximum Gasteiger partial charge on any atom is 0.174 e. The highest BCUT2D eigenvalue weighted by molar-refractivity contribution is 8.03. The molecule has 0 fully saturated rings. The molecule has 1 rings (SSSR count). The van der Waals surface area contributed by atoms with Gasteiger partial charge in [0.05, 0.1) is 17.9 Å². The first-order valence-corrected chi connectivity index (χ1v) is 10.4. The van der Waals surface area contributed by atoms with Crippen LogP contribution in [-0.2, 0) is 20.9 Å². The number of hydrogen-bond donors (Lipinski definition) is 0. The molecule has 0 aliphatic carbocycles. The number of nitrogens with zero attached hydrogens (tertiary/aromatic N) is 1. The van der Waals surface area contributed by atoms with Crippen molar-refractivity contribution in [3.05, 3.63) is 65.3 Å². The van der Waals surface area contributed by atoms with Crippen molar-refractivity contribution < 1.29 is 22.9 Å². The third kappa shape index (κ3) is 9.76. The van der Waals surface area contributed by atoms with Crippen molar-refractivity contribution in [1.82, 2.24) is 4.31 Å². The second kappa shape index (κ2) is 13.5. The summed E-state index contributed by atoms with van der Waals surface area (Å²) in [6.45, 7) is 1.86. The molecule has 0 spiro atoms. The number of halogens is 2. The number of ether oxygens (including phenoxy) is 1. The second-order valence-corrected chi connectivity index (χ2v) is 8.02. The van der Waals surface area contributed by atoms with E-state index in [2.05, 4.69) is 4.74 Å². The minimum Gasteiger partial charge on any atom is -0.593 e. The van der Waals surface area contributed by atoms with Crippen molar-refractivity contribution in [3.63, 3.8) is 0 Å². The highest BCUT2D eigenvalue weighted by Gasteiger charge is 2.17. The summed E-state index contributed by atoms with van der Waals surface area (Å²) in [4.78, 5) is 11.2. The SMILES string of the molecule is CC\C(F)=C/C(=C\C(F)=C\OCC=O)SCCN(C)[S+]([O-])c1ccccc1. The van der Waals surface area contributed by atoms with Gasteiger partial charge in [-0.15, -0.1) is 16.1 Å². The van der Waals surface area contributed by atoms with Gasteiger partial charge in [0.25, 0.3) is 0 Å². The van der Waals surface area contributed by atoms with Gasteiger partial charge in [0, 0.05) is 17.7 Å². The van der Waals surface area contributed by atoms with Crippen molar-refractivity contribution in [3.8, 4) is 0 Å². The Hall–Kier alpha value is -1.61. The smallest absolute Gasteiger partial charge is 0.174 e. The van der Waals surface area contributed by atoms with E-state index >= 15 is 0 Å². The molecule has 1 unspecified atom stereocenters. The Morgan fingerprint density at radius 3 is 2.63 bits per heavy atom. The fourth-order valence-corrected chi connectivity index (χ4v) is 3.94. The van der Waals surface area contributed by atoms with Gasteiger partial charge in [-0.25, -0.2) is 8.78 Å². The molecule has 1 aromatic rings. The summed E-state index contributed by atoms with van der Waals surface area (Å²) in [7, 11) is 1.73. The molecular weight excluding hydrogens is 392 g/mol. The Morgan fingerprint density at radius 2 is 2.00 bits per heavy atom. The zero-order valence-corrected chi connectivity index (χ0v) is 16.9. The predicted molar refractivity (Wildman–Crippen MR) is 107 cm³/mol. The highest BCUT2D eigenvalue weighted by Crippen LogP contribution is 2.23. The number of allylic oxidation sites excluding steroid dienone is 4. The maximum atomic E-state index is 13.8. The van der Waals surface area contributed by atoms with Crippen molar-refractivity contribution in [2.45, 2.75) is 18.2 Å². The third-order valence-electron chi connectivity index (χ3n) is 3.18. The highest BCUT2D eigenvalue weighted by atomic mass is 32.2. The number of thioether (sulfide) groups is 1. The minimum absolute atomic E-state index is 0.197. The molecule has 0 N–H and O–H groups in total. The number of aldehydes is 1. The zero-order valence-electron chi connectivity index (χ0n) is 15.3. The molecule has 4 nitrogen and oxygen atoms in total. The Kier molecular flexibility index (Phi) is 11.8. The lowest BCUT2D eigenvalue weighted by atomic mass is 10.3. The first kappa shape index (κ1) is 23.4. The Labute approximate surface area is 166 Å². The normalized spacial score (nSPS) is 14.4. The topological polar surface area (TPSA) is 52.6 Å². The molecule has 148 valence electrons. The van der Waals surface area contributed by atoms with E-state index in [4.69, 9.17) is 0 Å². The van der Waals surface area contributed by atoms with Gasteiger partial charge in [-0.1, -0.05) is 25.1 Å². The Balaban J connectivity index is 2.68. The molecule has 0 radical (unpaired) electrons. The molecule has 0 amide bonds. The van der Waals surface area contributed by atoms with Crippen LogP contribution in [0.25, 0.3) is 0 Å². The largest absolute Gasteiger partial charge is 0.593 e. The molecule has 0 bridgehead atoms. The van der Waals surface area contributed by atoms with Crippen LogP contribution in [0.4, 0.5) is 8.78 Å². The van der Waals surface area contributed by atoms with E-state index in [1.807, 2.05) is 18.2 Å². The van der Waals surface area contributed by atoms with E-state index < -0.39 is 17.2 Å². The van der Waals surface area contributed by atoms with E-state index in [1.54, 1.807) is 30.4 Å². The monoisotopic (exact) mass is 415 g/mol. The Bertz CT molecular complexity index is 666. The number of benzene rings is 1. The summed E-state index contributed by atoms with van der Waals surface area (Å²) in [5.41, 5.74) is 0. The van der Waals surface area contributed by atoms with E-state index in [1.165, 1.54) is 17.8 Å². The minimum atomic E-state index is -1.30. The summed E-state index contributed by atoms with van der Waals surface area (Å²) in [6, 6.07) is 9.05. The van der Waals surface area contributed by atoms with Crippen LogP contribution in [0.5, 0.6) is 0 Å². The summed E-state index contributed by atoms with van der Waals surface area (Å²) in [5, 5.41) is 0. The molecule has 8 heteroatoms. The van der Waals surface area contributed by atoms with Gasteiger partial charge in [-0.05, 0) is 30.7 Å². The lowest BCUT2D eigenvalue weighted by Crippen LogP contribution is -2.29. The number of hydrogen-bond acceptors (Lipinski definition) is 5. The van der Waals surface area contributed by atoms with Crippen LogP contribution in [0.2, 0.25) is 0 Å². The molecule has 0 heterocycles. The molecular formula is C19H23F2NO3S2. The zero-order chi connectivity index (χ0) is 20.1. The molecule has 0 saturated heterocycles. The fraction of sp³-hybridized carbons (Fsp3) is 0.316. The van der Waals surface area contributed by atoms with Crippen LogP contribution in [0.1, 0.15) is 13.3 Å². The standard InChI is InChI=1S/C19H23F2NO3S2/c1-3-16(20)13-18(14-17(21)15-25-11-10-23)26-12-9-22(2)27(24)19-7-5-4-6-8-19/h4-8,10,13-15H,3,9,11-12H2,1-2H3/b16-13+,17-15-,18-14+. The van der Waals surface area contributed by atoms with E-state index in [-0.39, 0.29) is 18.9 Å². The Morgan fingerprint density at radius 1 is 1.30 bits per heavy atom. The number of carbonyl (C=O) groups excluding carboxylic acids is 1. The maximum absolute atomic E-state index is 13.8. The van der Waals surface area contributed by atoms with E-state index in [0.29, 0.717) is 28.4 Å². The lowest BCUT2D eigenvalue weighted by Gasteiger charge is -2.19. The molecule has 0 aliphatic rings. The van der Waals surface area contributed by atoms with Crippen molar-refractivity contribution in [1.29, 1.82) is 0 Å². The van der Waals surface area contributed by atoms with Gasteiger partial charge in [0.15, 0.2) is 17.0 Å². The van der Waals surface area contributed by atoms with Crippen molar-refractivity contribution in [2.75, 3.05) is 26.0 Å². The van der Waals surface area contributed by atoms with Gasteiger partial charge in [0.2, 0.25) is 0 Å². The average molecular weight is 416 g/mol. The van der Waals surface area contributed by atoms with Crippen molar-refractivity contribution >= 4 is 29.4 Å². The van der Waals surface area contributed by atoms with Crippen molar-refractivity contribution in [2.24, 2.45) is 0 Å². The molecule has 27 heavy (non-hydrogen) atoms.